The zero-order valence-electron chi connectivity index (χ0n) is 7.90. The fraction of sp³-hybridized carbons (Fsp3) is 0.700. The quantitative estimate of drug-likeness (QED) is 0.479. The summed E-state index contributed by atoms with van der Waals surface area (Å²) in [7, 11) is 0. The van der Waals surface area contributed by atoms with Crippen molar-refractivity contribution in [2.45, 2.75) is 32.7 Å². The SMILES string of the molecule is CC(C)C(=O)OC1OC2C=CC1C2. The number of carbonyl (C=O) groups is 1. The molecule has 1 aliphatic heterocycles. The largest absolute Gasteiger partial charge is 0.435 e. The van der Waals surface area contributed by atoms with Crippen molar-refractivity contribution in [3.05, 3.63) is 12.2 Å². The maximum atomic E-state index is 11.2. The highest BCUT2D eigenvalue weighted by atomic mass is 16.7. The molecule has 3 atom stereocenters. The standard InChI is InChI=1S/C10H14O3/c1-6(2)9(11)13-10-7-3-4-8(5-7)12-10/h3-4,6-8,10H,5H2,1-2H3. The lowest BCUT2D eigenvalue weighted by atomic mass is 10.1. The Kier molecular flexibility index (Phi) is 2.12. The zero-order valence-corrected chi connectivity index (χ0v) is 7.90. The van der Waals surface area contributed by atoms with E-state index in [0.29, 0.717) is 0 Å². The number of esters is 1. The molecule has 1 fully saturated rings. The van der Waals surface area contributed by atoms with E-state index >= 15 is 0 Å². The lowest BCUT2D eigenvalue weighted by Crippen LogP contribution is -2.27. The van der Waals surface area contributed by atoms with Crippen molar-refractivity contribution < 1.29 is 14.3 Å². The molecular formula is C10H14O3. The highest BCUT2D eigenvalue weighted by Gasteiger charge is 2.39. The van der Waals surface area contributed by atoms with Gasteiger partial charge in [-0.15, -0.1) is 0 Å². The molecule has 0 spiro atoms. The summed E-state index contributed by atoms with van der Waals surface area (Å²) in [6.45, 7) is 3.65. The summed E-state index contributed by atoms with van der Waals surface area (Å²) in [6, 6.07) is 0. The molecule has 0 radical (unpaired) electrons. The number of carbonyl (C=O) groups excluding carboxylic acids is 1. The molecule has 3 nitrogen and oxygen atoms in total. The first-order valence-electron chi connectivity index (χ1n) is 4.71. The van der Waals surface area contributed by atoms with Crippen molar-refractivity contribution >= 4 is 5.97 Å². The maximum absolute atomic E-state index is 11.2. The van der Waals surface area contributed by atoms with Gasteiger partial charge in [0.25, 0.3) is 0 Å². The van der Waals surface area contributed by atoms with E-state index in [0.717, 1.165) is 6.42 Å². The average Bonchev–Trinajstić information content (AvgIpc) is 2.64. The van der Waals surface area contributed by atoms with E-state index in [2.05, 4.69) is 6.08 Å². The Balaban J connectivity index is 1.90. The van der Waals surface area contributed by atoms with Gasteiger partial charge in [0.15, 0.2) is 0 Å². The van der Waals surface area contributed by atoms with Crippen molar-refractivity contribution in [2.24, 2.45) is 11.8 Å². The summed E-state index contributed by atoms with van der Waals surface area (Å²) in [5, 5.41) is 0. The molecule has 0 aromatic rings. The molecule has 0 saturated carbocycles. The molecular weight excluding hydrogens is 168 g/mol. The third-order valence-corrected chi connectivity index (χ3v) is 2.44. The molecule has 1 aliphatic carbocycles. The van der Waals surface area contributed by atoms with E-state index in [1.54, 1.807) is 0 Å². The van der Waals surface area contributed by atoms with E-state index in [1.807, 2.05) is 19.9 Å². The molecule has 2 bridgehead atoms. The second kappa shape index (κ2) is 3.14. The lowest BCUT2D eigenvalue weighted by Gasteiger charge is -2.19. The molecule has 2 rings (SSSR count). The maximum Gasteiger partial charge on any atom is 0.310 e. The predicted molar refractivity (Wildman–Crippen MR) is 46.8 cm³/mol. The Morgan fingerprint density at radius 1 is 1.54 bits per heavy atom. The fourth-order valence-electron chi connectivity index (χ4n) is 1.63. The zero-order chi connectivity index (χ0) is 9.42. The van der Waals surface area contributed by atoms with Crippen LogP contribution in [-0.4, -0.2) is 18.4 Å². The molecule has 3 unspecified atom stereocenters. The van der Waals surface area contributed by atoms with Gasteiger partial charge < -0.3 is 9.47 Å². The van der Waals surface area contributed by atoms with Gasteiger partial charge >= 0.3 is 5.97 Å². The van der Waals surface area contributed by atoms with E-state index in [4.69, 9.17) is 9.47 Å². The molecule has 0 N–H and O–H groups in total. The highest BCUT2D eigenvalue weighted by Crippen LogP contribution is 2.35. The highest BCUT2D eigenvalue weighted by molar-refractivity contribution is 5.71. The Hall–Kier alpha value is -0.830. The van der Waals surface area contributed by atoms with Crippen molar-refractivity contribution in [1.82, 2.24) is 0 Å². The van der Waals surface area contributed by atoms with Crippen molar-refractivity contribution in [1.29, 1.82) is 0 Å². The van der Waals surface area contributed by atoms with E-state index in [1.165, 1.54) is 0 Å². The third kappa shape index (κ3) is 1.61. The number of rotatable bonds is 2. The van der Waals surface area contributed by atoms with Gasteiger partial charge in [-0.05, 0) is 6.42 Å². The number of hydrogen-bond donors (Lipinski definition) is 0. The van der Waals surface area contributed by atoms with Gasteiger partial charge in [0.05, 0.1) is 12.0 Å². The normalized spacial score (nSPS) is 35.8. The second-order valence-corrected chi connectivity index (χ2v) is 3.92. The third-order valence-electron chi connectivity index (χ3n) is 2.44. The van der Waals surface area contributed by atoms with Crippen LogP contribution in [-0.2, 0) is 14.3 Å². The van der Waals surface area contributed by atoms with Crippen LogP contribution >= 0.6 is 0 Å². The van der Waals surface area contributed by atoms with Gasteiger partial charge in [0, 0.05) is 5.92 Å². The number of fused-ring (bicyclic) bond motifs is 2. The average molecular weight is 182 g/mol. The summed E-state index contributed by atoms with van der Waals surface area (Å²) < 4.78 is 10.6. The van der Waals surface area contributed by atoms with Crippen LogP contribution in [0.3, 0.4) is 0 Å². The van der Waals surface area contributed by atoms with Crippen LogP contribution in [0.25, 0.3) is 0 Å². The van der Waals surface area contributed by atoms with E-state index in [-0.39, 0.29) is 30.2 Å². The Morgan fingerprint density at radius 3 is 2.77 bits per heavy atom. The summed E-state index contributed by atoms with van der Waals surface area (Å²) in [5.74, 6) is 0.0327. The summed E-state index contributed by atoms with van der Waals surface area (Å²) in [6.07, 6.45) is 4.92. The van der Waals surface area contributed by atoms with Crippen LogP contribution in [0.4, 0.5) is 0 Å². The summed E-state index contributed by atoms with van der Waals surface area (Å²) in [5.41, 5.74) is 0. The van der Waals surface area contributed by atoms with Gasteiger partial charge in [-0.2, -0.15) is 0 Å². The van der Waals surface area contributed by atoms with Gasteiger partial charge in [-0.1, -0.05) is 26.0 Å². The number of ether oxygens (including phenoxy) is 2. The van der Waals surface area contributed by atoms with Crippen LogP contribution in [0.5, 0.6) is 0 Å². The minimum atomic E-state index is -0.329. The minimum Gasteiger partial charge on any atom is -0.435 e. The second-order valence-electron chi connectivity index (χ2n) is 3.92. The van der Waals surface area contributed by atoms with Crippen molar-refractivity contribution in [2.75, 3.05) is 0 Å². The monoisotopic (exact) mass is 182 g/mol. The molecule has 0 aromatic carbocycles. The fourth-order valence-corrected chi connectivity index (χ4v) is 1.63. The molecule has 2 aliphatic rings. The van der Waals surface area contributed by atoms with Crippen molar-refractivity contribution in [3.63, 3.8) is 0 Å². The first-order valence-corrected chi connectivity index (χ1v) is 4.71. The lowest BCUT2D eigenvalue weighted by molar-refractivity contribution is -0.182. The van der Waals surface area contributed by atoms with Crippen molar-refractivity contribution in [3.8, 4) is 0 Å². The predicted octanol–water partition coefficient (Wildman–Crippen LogP) is 1.49. The van der Waals surface area contributed by atoms with Gasteiger partial charge in [0.2, 0.25) is 6.29 Å². The Morgan fingerprint density at radius 2 is 2.31 bits per heavy atom. The molecule has 1 heterocycles. The van der Waals surface area contributed by atoms with Gasteiger partial charge in [-0.3, -0.25) is 4.79 Å². The van der Waals surface area contributed by atoms with Crippen LogP contribution in [0.1, 0.15) is 20.3 Å². The van der Waals surface area contributed by atoms with Crippen LogP contribution < -0.4 is 0 Å². The van der Waals surface area contributed by atoms with Crippen LogP contribution in [0, 0.1) is 11.8 Å². The molecule has 13 heavy (non-hydrogen) atoms. The van der Waals surface area contributed by atoms with Gasteiger partial charge in [-0.25, -0.2) is 0 Å². The van der Waals surface area contributed by atoms with Gasteiger partial charge in [0.1, 0.15) is 0 Å². The van der Waals surface area contributed by atoms with Crippen LogP contribution in [0.15, 0.2) is 12.2 Å². The molecule has 0 amide bonds. The Bertz CT molecular complexity index is 245. The summed E-state index contributed by atoms with van der Waals surface area (Å²) >= 11 is 0. The summed E-state index contributed by atoms with van der Waals surface area (Å²) in [4.78, 5) is 11.2. The molecule has 0 aromatic heterocycles. The number of hydrogen-bond acceptors (Lipinski definition) is 3. The van der Waals surface area contributed by atoms with Crippen LogP contribution in [0.2, 0.25) is 0 Å². The molecule has 72 valence electrons. The first-order chi connectivity index (χ1) is 6.16. The Labute approximate surface area is 77.7 Å². The molecule has 1 saturated heterocycles. The van der Waals surface area contributed by atoms with E-state index in [9.17, 15) is 4.79 Å². The van der Waals surface area contributed by atoms with E-state index < -0.39 is 0 Å². The topological polar surface area (TPSA) is 35.5 Å². The minimum absolute atomic E-state index is 0.0771. The molecule has 3 heteroatoms. The first kappa shape index (κ1) is 8.75. The smallest absolute Gasteiger partial charge is 0.310 e.